The maximum absolute atomic E-state index is 13.4. The average molecular weight is 246 g/mol. The monoisotopic (exact) mass is 245 g/mol. The van der Waals surface area contributed by atoms with E-state index in [1.807, 2.05) is 6.92 Å². The number of methoxy groups -OCH3 is 1. The van der Waals surface area contributed by atoms with Crippen LogP contribution in [0.1, 0.15) is 18.9 Å². The highest BCUT2D eigenvalue weighted by Gasteiger charge is 2.08. The van der Waals surface area contributed by atoms with Crippen molar-refractivity contribution >= 4 is 11.6 Å². The molecule has 0 heterocycles. The molecule has 0 fully saturated rings. The summed E-state index contributed by atoms with van der Waals surface area (Å²) in [5.74, 6) is -0.265. The molecule has 1 unspecified atom stereocenters. The SMILES string of the molecule is COCCC(C)NCc1c(F)cccc1Cl. The van der Waals surface area contributed by atoms with Crippen molar-refractivity contribution in [2.24, 2.45) is 0 Å². The van der Waals surface area contributed by atoms with E-state index < -0.39 is 0 Å². The minimum Gasteiger partial charge on any atom is -0.385 e. The molecule has 90 valence electrons. The van der Waals surface area contributed by atoms with Gasteiger partial charge in [-0.25, -0.2) is 4.39 Å². The molecule has 2 nitrogen and oxygen atoms in total. The first kappa shape index (κ1) is 13.4. The van der Waals surface area contributed by atoms with E-state index in [1.165, 1.54) is 6.07 Å². The van der Waals surface area contributed by atoms with Crippen molar-refractivity contribution in [1.29, 1.82) is 0 Å². The Morgan fingerprint density at radius 2 is 2.25 bits per heavy atom. The lowest BCUT2D eigenvalue weighted by Crippen LogP contribution is -2.27. The van der Waals surface area contributed by atoms with Gasteiger partial charge in [-0.1, -0.05) is 17.7 Å². The summed E-state index contributed by atoms with van der Waals surface area (Å²) in [7, 11) is 1.67. The molecule has 0 aliphatic heterocycles. The molecular formula is C12H17ClFNO. The van der Waals surface area contributed by atoms with Crippen molar-refractivity contribution in [2.45, 2.75) is 25.9 Å². The number of hydrogen-bond donors (Lipinski definition) is 1. The molecule has 0 aliphatic carbocycles. The first-order chi connectivity index (χ1) is 7.65. The summed E-state index contributed by atoms with van der Waals surface area (Å²) in [5.41, 5.74) is 0.522. The predicted molar refractivity (Wildman–Crippen MR) is 64.2 cm³/mol. The van der Waals surface area contributed by atoms with E-state index in [2.05, 4.69) is 5.32 Å². The molecule has 0 spiro atoms. The molecule has 1 N–H and O–H groups in total. The maximum atomic E-state index is 13.4. The molecule has 0 aromatic heterocycles. The minimum absolute atomic E-state index is 0.265. The van der Waals surface area contributed by atoms with Gasteiger partial charge in [-0.15, -0.1) is 0 Å². The third-order valence-electron chi connectivity index (χ3n) is 2.44. The van der Waals surface area contributed by atoms with Gasteiger partial charge in [0, 0.05) is 36.9 Å². The molecule has 0 radical (unpaired) electrons. The fraction of sp³-hybridized carbons (Fsp3) is 0.500. The summed E-state index contributed by atoms with van der Waals surface area (Å²) in [6.45, 7) is 3.17. The first-order valence-electron chi connectivity index (χ1n) is 5.30. The Hall–Kier alpha value is -0.640. The average Bonchev–Trinajstić information content (AvgIpc) is 2.25. The molecule has 0 aliphatic rings. The van der Waals surface area contributed by atoms with Gasteiger partial charge < -0.3 is 10.1 Å². The lowest BCUT2D eigenvalue weighted by Gasteiger charge is -2.14. The molecule has 0 bridgehead atoms. The van der Waals surface area contributed by atoms with Gasteiger partial charge in [0.2, 0.25) is 0 Å². The highest BCUT2D eigenvalue weighted by atomic mass is 35.5. The summed E-state index contributed by atoms with van der Waals surface area (Å²) < 4.78 is 18.4. The lowest BCUT2D eigenvalue weighted by atomic mass is 10.2. The van der Waals surface area contributed by atoms with E-state index in [4.69, 9.17) is 16.3 Å². The van der Waals surface area contributed by atoms with E-state index in [0.29, 0.717) is 23.7 Å². The van der Waals surface area contributed by atoms with Crippen molar-refractivity contribution in [3.8, 4) is 0 Å². The van der Waals surface area contributed by atoms with Crippen LogP contribution in [0.4, 0.5) is 4.39 Å². The smallest absolute Gasteiger partial charge is 0.129 e. The molecule has 0 amide bonds. The van der Waals surface area contributed by atoms with E-state index >= 15 is 0 Å². The summed E-state index contributed by atoms with van der Waals surface area (Å²) >= 11 is 5.91. The Morgan fingerprint density at radius 1 is 1.50 bits per heavy atom. The minimum atomic E-state index is -0.265. The third-order valence-corrected chi connectivity index (χ3v) is 2.80. The quantitative estimate of drug-likeness (QED) is 0.832. The molecule has 1 rings (SSSR count). The van der Waals surface area contributed by atoms with Crippen molar-refractivity contribution < 1.29 is 9.13 Å². The zero-order chi connectivity index (χ0) is 12.0. The number of hydrogen-bond acceptors (Lipinski definition) is 2. The molecule has 4 heteroatoms. The van der Waals surface area contributed by atoms with Crippen LogP contribution in [0.25, 0.3) is 0 Å². The summed E-state index contributed by atoms with van der Waals surface area (Å²) in [4.78, 5) is 0. The number of benzene rings is 1. The number of nitrogens with one attached hydrogen (secondary N) is 1. The largest absolute Gasteiger partial charge is 0.385 e. The van der Waals surface area contributed by atoms with Gasteiger partial charge in [0.1, 0.15) is 5.82 Å². The van der Waals surface area contributed by atoms with Crippen molar-refractivity contribution in [3.63, 3.8) is 0 Å². The van der Waals surface area contributed by atoms with Gasteiger partial charge in [0.25, 0.3) is 0 Å². The predicted octanol–water partition coefficient (Wildman–Crippen LogP) is 2.99. The van der Waals surface area contributed by atoms with Crippen molar-refractivity contribution in [3.05, 3.63) is 34.6 Å². The van der Waals surface area contributed by atoms with Crippen molar-refractivity contribution in [1.82, 2.24) is 5.32 Å². The second-order valence-electron chi connectivity index (χ2n) is 3.76. The second-order valence-corrected chi connectivity index (χ2v) is 4.17. The van der Waals surface area contributed by atoms with Gasteiger partial charge in [0.05, 0.1) is 0 Å². The standard InChI is InChI=1S/C12H17ClFNO/c1-9(6-7-16-2)15-8-10-11(13)4-3-5-12(10)14/h3-5,9,15H,6-8H2,1-2H3. The van der Waals surface area contributed by atoms with E-state index in [0.717, 1.165) is 6.42 Å². The maximum Gasteiger partial charge on any atom is 0.129 e. The molecule has 1 atom stereocenters. The first-order valence-corrected chi connectivity index (χ1v) is 5.68. The number of ether oxygens (including phenoxy) is 1. The summed E-state index contributed by atoms with van der Waals surface area (Å²) in [6.07, 6.45) is 0.891. The van der Waals surface area contributed by atoms with E-state index in [9.17, 15) is 4.39 Å². The van der Waals surface area contributed by atoms with Crippen LogP contribution in [0.2, 0.25) is 5.02 Å². The molecule has 16 heavy (non-hydrogen) atoms. The third kappa shape index (κ3) is 4.08. The van der Waals surface area contributed by atoms with Gasteiger partial charge in [-0.05, 0) is 25.5 Å². The Bertz CT molecular complexity index is 313. The fourth-order valence-electron chi connectivity index (χ4n) is 1.37. The zero-order valence-corrected chi connectivity index (χ0v) is 10.4. The highest BCUT2D eigenvalue weighted by molar-refractivity contribution is 6.31. The van der Waals surface area contributed by atoms with E-state index in [-0.39, 0.29) is 11.9 Å². The number of rotatable bonds is 6. The Kier molecular flexibility index (Phi) is 5.74. The molecule has 0 saturated carbocycles. The lowest BCUT2D eigenvalue weighted by molar-refractivity contribution is 0.184. The Balaban J connectivity index is 2.48. The summed E-state index contributed by atoms with van der Waals surface area (Å²) in [5, 5.41) is 3.68. The van der Waals surface area contributed by atoms with Gasteiger partial charge in [-0.3, -0.25) is 0 Å². The molecule has 0 saturated heterocycles. The van der Waals surface area contributed by atoms with E-state index in [1.54, 1.807) is 19.2 Å². The van der Waals surface area contributed by atoms with Crippen molar-refractivity contribution in [2.75, 3.05) is 13.7 Å². The number of halogens is 2. The second kappa shape index (κ2) is 6.84. The molecule has 1 aromatic carbocycles. The fourth-order valence-corrected chi connectivity index (χ4v) is 1.60. The van der Waals surface area contributed by atoms with Gasteiger partial charge in [0.15, 0.2) is 0 Å². The van der Waals surface area contributed by atoms with Crippen LogP contribution in [0.15, 0.2) is 18.2 Å². The topological polar surface area (TPSA) is 21.3 Å². The van der Waals surface area contributed by atoms with Crippen LogP contribution < -0.4 is 5.32 Å². The Labute approximate surface area is 101 Å². The van der Waals surface area contributed by atoms with Crippen LogP contribution >= 0.6 is 11.6 Å². The van der Waals surface area contributed by atoms with Crippen LogP contribution in [-0.4, -0.2) is 19.8 Å². The van der Waals surface area contributed by atoms with Gasteiger partial charge >= 0.3 is 0 Å². The van der Waals surface area contributed by atoms with Crippen LogP contribution in [0.5, 0.6) is 0 Å². The van der Waals surface area contributed by atoms with Gasteiger partial charge in [-0.2, -0.15) is 0 Å². The normalized spacial score (nSPS) is 12.8. The molecular weight excluding hydrogens is 229 g/mol. The van der Waals surface area contributed by atoms with Crippen LogP contribution in [0.3, 0.4) is 0 Å². The Morgan fingerprint density at radius 3 is 2.88 bits per heavy atom. The summed E-state index contributed by atoms with van der Waals surface area (Å²) in [6, 6.07) is 5.00. The van der Waals surface area contributed by atoms with Crippen LogP contribution in [0, 0.1) is 5.82 Å². The molecule has 1 aromatic rings. The highest BCUT2D eigenvalue weighted by Crippen LogP contribution is 2.18. The van der Waals surface area contributed by atoms with Crippen LogP contribution in [-0.2, 0) is 11.3 Å². The zero-order valence-electron chi connectivity index (χ0n) is 9.59.